The summed E-state index contributed by atoms with van der Waals surface area (Å²) in [5.41, 5.74) is 4.36. The number of fused-ring (bicyclic) bond motifs is 2. The lowest BCUT2D eigenvalue weighted by Gasteiger charge is -2.15. The summed E-state index contributed by atoms with van der Waals surface area (Å²) in [5.74, 6) is -0.000347. The van der Waals surface area contributed by atoms with Crippen molar-refractivity contribution in [1.29, 1.82) is 0 Å². The van der Waals surface area contributed by atoms with Crippen molar-refractivity contribution < 1.29 is 4.79 Å². The molecular formula is C19H17BrN2O. The number of halogens is 1. The van der Waals surface area contributed by atoms with E-state index in [0.717, 1.165) is 33.8 Å². The molecule has 0 radical (unpaired) electrons. The number of amides is 1. The molecule has 3 nitrogen and oxygen atoms in total. The van der Waals surface area contributed by atoms with Crippen LogP contribution in [0.5, 0.6) is 0 Å². The van der Waals surface area contributed by atoms with E-state index in [4.69, 9.17) is 0 Å². The van der Waals surface area contributed by atoms with Gasteiger partial charge in [-0.1, -0.05) is 34.1 Å². The van der Waals surface area contributed by atoms with Crippen molar-refractivity contribution in [3.8, 4) is 0 Å². The quantitative estimate of drug-likeness (QED) is 0.716. The van der Waals surface area contributed by atoms with Crippen LogP contribution in [0.1, 0.15) is 33.9 Å². The molecule has 4 heteroatoms. The normalized spacial score (nSPS) is 16.5. The molecule has 0 spiro atoms. The van der Waals surface area contributed by atoms with E-state index in [1.54, 1.807) is 0 Å². The first-order chi connectivity index (χ1) is 11.1. The molecule has 1 aliphatic carbocycles. The van der Waals surface area contributed by atoms with Crippen LogP contribution in [0.2, 0.25) is 0 Å². The zero-order chi connectivity index (χ0) is 16.0. The largest absolute Gasteiger partial charge is 0.351 e. The van der Waals surface area contributed by atoms with E-state index in [9.17, 15) is 4.79 Å². The van der Waals surface area contributed by atoms with Crippen LogP contribution < -0.4 is 5.32 Å². The number of benzene rings is 2. The van der Waals surface area contributed by atoms with Crippen molar-refractivity contribution in [2.75, 3.05) is 0 Å². The Morgan fingerprint density at radius 2 is 2.04 bits per heavy atom. The Morgan fingerprint density at radius 1 is 1.22 bits per heavy atom. The van der Waals surface area contributed by atoms with Crippen molar-refractivity contribution in [3.05, 3.63) is 69.8 Å². The summed E-state index contributed by atoms with van der Waals surface area (Å²) in [4.78, 5) is 12.8. The molecule has 1 aliphatic rings. The third-order valence-corrected chi connectivity index (χ3v) is 5.43. The van der Waals surface area contributed by atoms with Crippen LogP contribution in [-0.4, -0.2) is 10.5 Å². The minimum atomic E-state index is -0.000347. The molecule has 1 amide bonds. The van der Waals surface area contributed by atoms with Crippen molar-refractivity contribution in [2.45, 2.75) is 18.9 Å². The number of carbonyl (C=O) groups is 1. The summed E-state index contributed by atoms with van der Waals surface area (Å²) < 4.78 is 3.17. The Labute approximate surface area is 143 Å². The van der Waals surface area contributed by atoms with Gasteiger partial charge in [-0.15, -0.1) is 0 Å². The summed E-state index contributed by atoms with van der Waals surface area (Å²) >= 11 is 3.61. The number of rotatable bonds is 2. The number of nitrogens with zero attached hydrogens (tertiary/aromatic N) is 1. The molecule has 0 saturated carbocycles. The molecule has 1 atom stereocenters. The average Bonchev–Trinajstić information content (AvgIpc) is 3.13. The van der Waals surface area contributed by atoms with Gasteiger partial charge in [0.05, 0.1) is 6.04 Å². The summed E-state index contributed by atoms with van der Waals surface area (Å²) in [7, 11) is 1.99. The van der Waals surface area contributed by atoms with Gasteiger partial charge in [-0.2, -0.15) is 0 Å². The third-order valence-electron chi connectivity index (χ3n) is 4.69. The van der Waals surface area contributed by atoms with Crippen LogP contribution in [0.15, 0.2) is 53.1 Å². The van der Waals surface area contributed by atoms with Crippen LogP contribution in [0.4, 0.5) is 0 Å². The second kappa shape index (κ2) is 5.53. The van der Waals surface area contributed by atoms with Crippen LogP contribution >= 0.6 is 15.9 Å². The van der Waals surface area contributed by atoms with E-state index in [0.29, 0.717) is 0 Å². The monoisotopic (exact) mass is 368 g/mol. The minimum absolute atomic E-state index is 0.000347. The van der Waals surface area contributed by atoms with Crippen molar-refractivity contribution >= 4 is 32.7 Å². The Bertz CT molecular complexity index is 913. The maximum Gasteiger partial charge on any atom is 0.252 e. The fraction of sp³-hybridized carbons (Fsp3) is 0.211. The summed E-state index contributed by atoms with van der Waals surface area (Å²) in [6.07, 6.45) is 3.94. The molecule has 0 saturated heterocycles. The fourth-order valence-electron chi connectivity index (χ4n) is 3.50. The predicted molar refractivity (Wildman–Crippen MR) is 95.6 cm³/mol. The fourth-order valence-corrected chi connectivity index (χ4v) is 4.08. The maximum atomic E-state index is 12.8. The molecule has 1 unspecified atom stereocenters. The number of nitrogens with one attached hydrogen (secondary N) is 1. The topological polar surface area (TPSA) is 34.0 Å². The van der Waals surface area contributed by atoms with Crippen LogP contribution in [0, 0.1) is 0 Å². The predicted octanol–water partition coefficient (Wildman–Crippen LogP) is 4.36. The van der Waals surface area contributed by atoms with Gasteiger partial charge in [-0.25, -0.2) is 0 Å². The molecule has 0 bridgehead atoms. The lowest BCUT2D eigenvalue weighted by molar-refractivity contribution is 0.0938. The molecular weight excluding hydrogens is 352 g/mol. The number of hydrogen-bond donors (Lipinski definition) is 1. The highest BCUT2D eigenvalue weighted by Gasteiger charge is 2.26. The van der Waals surface area contributed by atoms with Gasteiger partial charge in [-0.3, -0.25) is 4.79 Å². The molecule has 0 fully saturated rings. The van der Waals surface area contributed by atoms with E-state index in [1.165, 1.54) is 11.1 Å². The van der Waals surface area contributed by atoms with Gasteiger partial charge in [0.25, 0.3) is 5.91 Å². The number of carbonyl (C=O) groups excluding carboxylic acids is 1. The highest BCUT2D eigenvalue weighted by Crippen LogP contribution is 2.35. The van der Waals surface area contributed by atoms with E-state index in [1.807, 2.05) is 48.1 Å². The smallest absolute Gasteiger partial charge is 0.252 e. The highest BCUT2D eigenvalue weighted by molar-refractivity contribution is 9.10. The molecule has 1 heterocycles. The van der Waals surface area contributed by atoms with Gasteiger partial charge in [0.15, 0.2) is 0 Å². The maximum absolute atomic E-state index is 12.8. The Hall–Kier alpha value is -2.07. The van der Waals surface area contributed by atoms with Crippen molar-refractivity contribution in [1.82, 2.24) is 9.88 Å². The van der Waals surface area contributed by atoms with Crippen molar-refractivity contribution in [2.24, 2.45) is 7.05 Å². The molecule has 3 aromatic rings. The van der Waals surface area contributed by atoms with E-state index < -0.39 is 0 Å². The SMILES string of the molecule is Cn1ccc2c(C(=O)NC3CCc4c(Br)cccc43)cccc21. The molecule has 4 rings (SSSR count). The van der Waals surface area contributed by atoms with E-state index in [2.05, 4.69) is 33.4 Å². The van der Waals surface area contributed by atoms with Crippen LogP contribution in [0.3, 0.4) is 0 Å². The van der Waals surface area contributed by atoms with Crippen molar-refractivity contribution in [3.63, 3.8) is 0 Å². The number of aryl methyl sites for hydroxylation is 1. The zero-order valence-corrected chi connectivity index (χ0v) is 14.4. The second-order valence-electron chi connectivity index (χ2n) is 6.04. The van der Waals surface area contributed by atoms with Crippen LogP contribution in [0.25, 0.3) is 10.9 Å². The number of hydrogen-bond acceptors (Lipinski definition) is 1. The van der Waals surface area contributed by atoms with Gasteiger partial charge in [0, 0.05) is 34.2 Å². The lowest BCUT2D eigenvalue weighted by Crippen LogP contribution is -2.27. The highest BCUT2D eigenvalue weighted by atomic mass is 79.9. The first-order valence-corrected chi connectivity index (χ1v) is 8.56. The Morgan fingerprint density at radius 3 is 2.91 bits per heavy atom. The molecule has 0 aliphatic heterocycles. The van der Waals surface area contributed by atoms with E-state index >= 15 is 0 Å². The molecule has 2 aromatic carbocycles. The molecule has 116 valence electrons. The van der Waals surface area contributed by atoms with Gasteiger partial charge in [0.1, 0.15) is 0 Å². The Kier molecular flexibility index (Phi) is 3.49. The van der Waals surface area contributed by atoms with Gasteiger partial charge < -0.3 is 9.88 Å². The average molecular weight is 369 g/mol. The first-order valence-electron chi connectivity index (χ1n) is 7.77. The minimum Gasteiger partial charge on any atom is -0.351 e. The van der Waals surface area contributed by atoms with Gasteiger partial charge in [-0.05, 0) is 48.2 Å². The van der Waals surface area contributed by atoms with Gasteiger partial charge >= 0.3 is 0 Å². The molecule has 23 heavy (non-hydrogen) atoms. The number of aromatic nitrogens is 1. The van der Waals surface area contributed by atoms with Gasteiger partial charge in [0.2, 0.25) is 0 Å². The van der Waals surface area contributed by atoms with Crippen LogP contribution in [-0.2, 0) is 13.5 Å². The lowest BCUT2D eigenvalue weighted by atomic mass is 10.1. The van der Waals surface area contributed by atoms with E-state index in [-0.39, 0.29) is 11.9 Å². The molecule has 1 aromatic heterocycles. The summed E-state index contributed by atoms with van der Waals surface area (Å²) in [6, 6.07) is 14.2. The summed E-state index contributed by atoms with van der Waals surface area (Å²) in [6.45, 7) is 0. The standard InChI is InChI=1S/C19H17BrN2O/c1-22-11-10-14-15(5-3-7-18(14)22)19(23)21-17-9-8-12-13(17)4-2-6-16(12)20/h2-7,10-11,17H,8-9H2,1H3,(H,21,23). The molecule has 1 N–H and O–H groups in total. The first kappa shape index (κ1) is 14.5. The Balaban J connectivity index is 1.66. The third kappa shape index (κ3) is 2.38. The summed E-state index contributed by atoms with van der Waals surface area (Å²) in [5, 5.41) is 4.21. The zero-order valence-electron chi connectivity index (χ0n) is 12.8. The second-order valence-corrected chi connectivity index (χ2v) is 6.89.